The van der Waals surface area contributed by atoms with Crippen molar-refractivity contribution in [1.29, 1.82) is 10.7 Å². The number of amidine groups is 1. The summed E-state index contributed by atoms with van der Waals surface area (Å²) in [6.07, 6.45) is 1.75. The second kappa shape index (κ2) is 8.24. The van der Waals surface area contributed by atoms with Crippen LogP contribution in [0.3, 0.4) is 0 Å². The number of hydrogen-bond donors (Lipinski definition) is 3. The minimum absolute atomic E-state index is 0.165. The SMILES string of the molecule is N#C/C(=N\Nc1ccc(Sc2nccc(-c3cccs3)n2)cc1)C(=N)N. The van der Waals surface area contributed by atoms with E-state index < -0.39 is 0 Å². The van der Waals surface area contributed by atoms with Gasteiger partial charge in [0.1, 0.15) is 6.07 Å². The predicted molar refractivity (Wildman–Crippen MR) is 104 cm³/mol. The predicted octanol–water partition coefficient (Wildman–Crippen LogP) is 3.58. The number of hydrazone groups is 1. The van der Waals surface area contributed by atoms with E-state index in [4.69, 9.17) is 16.4 Å². The summed E-state index contributed by atoms with van der Waals surface area (Å²) < 4.78 is 0. The summed E-state index contributed by atoms with van der Waals surface area (Å²) in [6, 6.07) is 15.1. The van der Waals surface area contributed by atoms with Crippen LogP contribution >= 0.6 is 23.1 Å². The van der Waals surface area contributed by atoms with Gasteiger partial charge in [0.25, 0.3) is 0 Å². The van der Waals surface area contributed by atoms with Crippen LogP contribution in [-0.2, 0) is 0 Å². The lowest BCUT2D eigenvalue weighted by molar-refractivity contribution is 0.974. The van der Waals surface area contributed by atoms with Crippen molar-refractivity contribution < 1.29 is 0 Å². The molecule has 2 heterocycles. The number of nitriles is 1. The van der Waals surface area contributed by atoms with Crippen molar-refractivity contribution in [3.8, 4) is 16.6 Å². The number of hydrogen-bond acceptors (Lipinski definition) is 8. The van der Waals surface area contributed by atoms with E-state index in [0.29, 0.717) is 10.8 Å². The first kappa shape index (κ1) is 17.6. The molecule has 1 aromatic carbocycles. The number of rotatable bonds is 6. The number of benzene rings is 1. The molecule has 0 amide bonds. The van der Waals surface area contributed by atoms with Gasteiger partial charge in [-0.1, -0.05) is 6.07 Å². The Balaban J connectivity index is 1.69. The molecule has 3 aromatic rings. The zero-order valence-corrected chi connectivity index (χ0v) is 15.0. The monoisotopic (exact) mass is 379 g/mol. The molecule has 7 nitrogen and oxygen atoms in total. The average molecular weight is 379 g/mol. The Kier molecular flexibility index (Phi) is 5.58. The maximum atomic E-state index is 8.82. The van der Waals surface area contributed by atoms with Gasteiger partial charge in [-0.3, -0.25) is 10.8 Å². The van der Waals surface area contributed by atoms with Crippen LogP contribution in [0.4, 0.5) is 5.69 Å². The van der Waals surface area contributed by atoms with Gasteiger partial charge in [-0.05, 0) is 53.5 Å². The lowest BCUT2D eigenvalue weighted by Crippen LogP contribution is -2.21. The maximum absolute atomic E-state index is 8.82. The molecule has 0 aliphatic heterocycles. The normalized spacial score (nSPS) is 11.0. The highest BCUT2D eigenvalue weighted by molar-refractivity contribution is 7.99. The van der Waals surface area contributed by atoms with Gasteiger partial charge in [0.05, 0.1) is 16.3 Å². The zero-order valence-electron chi connectivity index (χ0n) is 13.4. The third-order valence-corrected chi connectivity index (χ3v) is 4.91. The standard InChI is InChI=1S/C17H13N7S2/c18-10-14(16(19)20)24-23-11-3-5-12(6-4-11)26-17-21-8-7-13(22-17)15-2-1-9-25-15/h1-9,23H,(H3,19,20)/b24-14+. The van der Waals surface area contributed by atoms with E-state index in [0.717, 1.165) is 15.5 Å². The Hall–Kier alpha value is -3.22. The molecule has 0 aliphatic carbocycles. The molecule has 0 bridgehead atoms. The number of nitrogens with zero attached hydrogens (tertiary/aromatic N) is 4. The van der Waals surface area contributed by atoms with Crippen LogP contribution in [0.1, 0.15) is 0 Å². The number of nitrogens with one attached hydrogen (secondary N) is 2. The zero-order chi connectivity index (χ0) is 18.4. The fourth-order valence-corrected chi connectivity index (χ4v) is 3.36. The molecule has 0 spiro atoms. The van der Waals surface area contributed by atoms with Crippen LogP contribution in [0.2, 0.25) is 0 Å². The first-order chi connectivity index (χ1) is 12.7. The molecule has 4 N–H and O–H groups in total. The van der Waals surface area contributed by atoms with E-state index in [1.807, 2.05) is 47.8 Å². The molecule has 0 saturated carbocycles. The van der Waals surface area contributed by atoms with E-state index in [9.17, 15) is 0 Å². The van der Waals surface area contributed by atoms with Crippen LogP contribution in [0.15, 0.2) is 69.2 Å². The Morgan fingerprint density at radius 2 is 2.08 bits per heavy atom. The smallest absolute Gasteiger partial charge is 0.201 e. The van der Waals surface area contributed by atoms with Gasteiger partial charge >= 0.3 is 0 Å². The lowest BCUT2D eigenvalue weighted by atomic mass is 10.3. The van der Waals surface area contributed by atoms with Crippen LogP contribution in [0.5, 0.6) is 0 Å². The summed E-state index contributed by atoms with van der Waals surface area (Å²) >= 11 is 3.09. The van der Waals surface area contributed by atoms with E-state index in [1.165, 1.54) is 11.8 Å². The van der Waals surface area contributed by atoms with Crippen molar-refractivity contribution in [3.05, 3.63) is 54.0 Å². The summed E-state index contributed by atoms with van der Waals surface area (Å²) in [7, 11) is 0. The highest BCUT2D eigenvalue weighted by Gasteiger charge is 2.05. The quantitative estimate of drug-likeness (QED) is 0.260. The second-order valence-corrected chi connectivity index (χ2v) is 6.91. The third kappa shape index (κ3) is 4.44. The van der Waals surface area contributed by atoms with Crippen LogP contribution in [-0.4, -0.2) is 21.5 Å². The van der Waals surface area contributed by atoms with Gasteiger partial charge in [-0.2, -0.15) is 10.4 Å². The van der Waals surface area contributed by atoms with Crippen molar-refractivity contribution in [3.63, 3.8) is 0 Å². The fraction of sp³-hybridized carbons (Fsp3) is 0. The number of thiophene rings is 1. The number of nitrogens with two attached hydrogens (primary N) is 1. The Labute approximate surface area is 158 Å². The first-order valence-electron chi connectivity index (χ1n) is 7.39. The van der Waals surface area contributed by atoms with E-state index >= 15 is 0 Å². The van der Waals surface area contributed by atoms with Crippen molar-refractivity contribution in [2.75, 3.05) is 5.43 Å². The van der Waals surface area contributed by atoms with Gasteiger partial charge < -0.3 is 5.73 Å². The van der Waals surface area contributed by atoms with Gasteiger partial charge in [0.2, 0.25) is 5.71 Å². The first-order valence-corrected chi connectivity index (χ1v) is 9.08. The lowest BCUT2D eigenvalue weighted by Gasteiger charge is -2.04. The summed E-state index contributed by atoms with van der Waals surface area (Å²) in [5.41, 5.74) is 9.36. The van der Waals surface area contributed by atoms with Crippen molar-refractivity contribution in [2.45, 2.75) is 10.1 Å². The Morgan fingerprint density at radius 1 is 1.27 bits per heavy atom. The number of aromatic nitrogens is 2. The van der Waals surface area contributed by atoms with Gasteiger partial charge in [0, 0.05) is 11.1 Å². The molecule has 0 radical (unpaired) electrons. The molecule has 26 heavy (non-hydrogen) atoms. The van der Waals surface area contributed by atoms with Crippen molar-refractivity contribution >= 4 is 40.3 Å². The second-order valence-electron chi connectivity index (χ2n) is 4.93. The topological polar surface area (TPSA) is 124 Å². The molecule has 3 rings (SSSR count). The number of anilines is 1. The summed E-state index contributed by atoms with van der Waals surface area (Å²) in [5.74, 6) is -0.380. The molecule has 0 fully saturated rings. The Morgan fingerprint density at radius 3 is 2.73 bits per heavy atom. The molecule has 0 aliphatic rings. The van der Waals surface area contributed by atoms with Gasteiger partial charge in [-0.15, -0.1) is 11.3 Å². The molecule has 128 valence electrons. The van der Waals surface area contributed by atoms with Crippen molar-refractivity contribution in [2.24, 2.45) is 10.8 Å². The van der Waals surface area contributed by atoms with E-state index in [-0.39, 0.29) is 11.5 Å². The molecule has 9 heteroatoms. The summed E-state index contributed by atoms with van der Waals surface area (Å²) in [5, 5.41) is 22.5. The molecule has 0 atom stereocenters. The summed E-state index contributed by atoms with van der Waals surface area (Å²) in [4.78, 5) is 10.9. The van der Waals surface area contributed by atoms with Crippen LogP contribution < -0.4 is 11.2 Å². The Bertz CT molecular complexity index is 973. The van der Waals surface area contributed by atoms with E-state index in [2.05, 4.69) is 20.5 Å². The van der Waals surface area contributed by atoms with Gasteiger partial charge in [-0.25, -0.2) is 9.97 Å². The average Bonchev–Trinajstić information content (AvgIpc) is 3.18. The molecule has 2 aromatic heterocycles. The highest BCUT2D eigenvalue weighted by atomic mass is 32.2. The third-order valence-electron chi connectivity index (χ3n) is 3.13. The highest BCUT2D eigenvalue weighted by Crippen LogP contribution is 2.28. The molecular formula is C17H13N7S2. The minimum Gasteiger partial charge on any atom is -0.382 e. The molecule has 0 saturated heterocycles. The molecule has 0 unspecified atom stereocenters. The van der Waals surface area contributed by atoms with Gasteiger partial charge in [0.15, 0.2) is 11.0 Å². The fourth-order valence-electron chi connectivity index (χ4n) is 1.92. The van der Waals surface area contributed by atoms with Crippen molar-refractivity contribution in [1.82, 2.24) is 9.97 Å². The maximum Gasteiger partial charge on any atom is 0.201 e. The van der Waals surface area contributed by atoms with Crippen LogP contribution in [0, 0.1) is 16.7 Å². The largest absolute Gasteiger partial charge is 0.382 e. The molecular weight excluding hydrogens is 366 g/mol. The van der Waals surface area contributed by atoms with E-state index in [1.54, 1.807) is 23.6 Å². The minimum atomic E-state index is -0.380. The summed E-state index contributed by atoms with van der Waals surface area (Å²) in [6.45, 7) is 0. The van der Waals surface area contributed by atoms with Crippen LogP contribution in [0.25, 0.3) is 10.6 Å².